The SMILES string of the molecule is C=CCNCC(=O)NCC1(CC)CCCC1. The fourth-order valence-electron chi connectivity index (χ4n) is 2.42. The molecule has 0 bridgehead atoms. The van der Waals surface area contributed by atoms with Gasteiger partial charge in [0.25, 0.3) is 0 Å². The smallest absolute Gasteiger partial charge is 0.233 e. The third-order valence-corrected chi connectivity index (χ3v) is 3.65. The Morgan fingerprint density at radius 1 is 1.44 bits per heavy atom. The van der Waals surface area contributed by atoms with Gasteiger partial charge in [-0.05, 0) is 24.7 Å². The van der Waals surface area contributed by atoms with Crippen LogP contribution in [0.25, 0.3) is 0 Å². The zero-order chi connectivity index (χ0) is 11.9. The highest BCUT2D eigenvalue weighted by atomic mass is 16.1. The molecule has 0 atom stereocenters. The van der Waals surface area contributed by atoms with E-state index < -0.39 is 0 Å². The van der Waals surface area contributed by atoms with Gasteiger partial charge in [-0.15, -0.1) is 6.58 Å². The molecular formula is C13H24N2O. The van der Waals surface area contributed by atoms with Gasteiger partial charge in [0, 0.05) is 13.1 Å². The van der Waals surface area contributed by atoms with Crippen molar-refractivity contribution in [1.29, 1.82) is 0 Å². The Morgan fingerprint density at radius 3 is 2.69 bits per heavy atom. The monoisotopic (exact) mass is 224 g/mol. The van der Waals surface area contributed by atoms with Gasteiger partial charge in [-0.2, -0.15) is 0 Å². The molecule has 0 aromatic heterocycles. The lowest BCUT2D eigenvalue weighted by molar-refractivity contribution is -0.120. The van der Waals surface area contributed by atoms with Gasteiger partial charge in [0.1, 0.15) is 0 Å². The van der Waals surface area contributed by atoms with E-state index in [1.54, 1.807) is 6.08 Å². The van der Waals surface area contributed by atoms with Crippen molar-refractivity contribution in [3.8, 4) is 0 Å². The minimum Gasteiger partial charge on any atom is -0.354 e. The Kier molecular flexibility index (Phi) is 5.53. The minimum atomic E-state index is 0.0987. The summed E-state index contributed by atoms with van der Waals surface area (Å²) in [5.74, 6) is 0.0987. The maximum Gasteiger partial charge on any atom is 0.233 e. The van der Waals surface area contributed by atoms with Crippen molar-refractivity contribution in [2.75, 3.05) is 19.6 Å². The van der Waals surface area contributed by atoms with E-state index in [-0.39, 0.29) is 5.91 Å². The lowest BCUT2D eigenvalue weighted by Crippen LogP contribution is -2.40. The Morgan fingerprint density at radius 2 is 2.12 bits per heavy atom. The lowest BCUT2D eigenvalue weighted by Gasteiger charge is -2.27. The van der Waals surface area contributed by atoms with E-state index in [1.165, 1.54) is 32.1 Å². The molecule has 1 amide bonds. The van der Waals surface area contributed by atoms with Crippen LogP contribution in [0.1, 0.15) is 39.0 Å². The first kappa shape index (κ1) is 13.2. The third-order valence-electron chi connectivity index (χ3n) is 3.65. The van der Waals surface area contributed by atoms with E-state index >= 15 is 0 Å². The fraction of sp³-hybridized carbons (Fsp3) is 0.769. The number of amides is 1. The number of carbonyl (C=O) groups excluding carboxylic acids is 1. The molecule has 1 aliphatic carbocycles. The molecule has 0 aromatic carbocycles. The van der Waals surface area contributed by atoms with Crippen LogP contribution in [0.15, 0.2) is 12.7 Å². The second-order valence-corrected chi connectivity index (χ2v) is 4.76. The molecule has 1 aliphatic rings. The van der Waals surface area contributed by atoms with Crippen LogP contribution in [0.3, 0.4) is 0 Å². The molecule has 0 unspecified atom stereocenters. The van der Waals surface area contributed by atoms with E-state index in [0.717, 1.165) is 6.54 Å². The van der Waals surface area contributed by atoms with E-state index in [1.807, 2.05) is 0 Å². The van der Waals surface area contributed by atoms with Crippen LogP contribution in [-0.2, 0) is 4.79 Å². The zero-order valence-corrected chi connectivity index (χ0v) is 10.3. The fourth-order valence-corrected chi connectivity index (χ4v) is 2.42. The molecule has 0 radical (unpaired) electrons. The summed E-state index contributed by atoms with van der Waals surface area (Å²) in [6.45, 7) is 7.75. The molecule has 3 heteroatoms. The maximum absolute atomic E-state index is 11.5. The van der Waals surface area contributed by atoms with Crippen molar-refractivity contribution in [2.24, 2.45) is 5.41 Å². The van der Waals surface area contributed by atoms with Gasteiger partial charge >= 0.3 is 0 Å². The molecule has 0 aromatic rings. The molecule has 1 fully saturated rings. The van der Waals surface area contributed by atoms with Crippen LogP contribution < -0.4 is 10.6 Å². The molecule has 0 heterocycles. The lowest BCUT2D eigenvalue weighted by atomic mass is 9.83. The third kappa shape index (κ3) is 3.97. The molecule has 1 rings (SSSR count). The Hall–Kier alpha value is -0.830. The highest BCUT2D eigenvalue weighted by Crippen LogP contribution is 2.40. The highest BCUT2D eigenvalue weighted by molar-refractivity contribution is 5.78. The van der Waals surface area contributed by atoms with E-state index in [4.69, 9.17) is 0 Å². The zero-order valence-electron chi connectivity index (χ0n) is 10.3. The van der Waals surface area contributed by atoms with Crippen LogP contribution in [0.2, 0.25) is 0 Å². The first-order valence-corrected chi connectivity index (χ1v) is 6.31. The maximum atomic E-state index is 11.5. The molecule has 0 aliphatic heterocycles. The average molecular weight is 224 g/mol. The molecule has 0 spiro atoms. The Balaban J connectivity index is 2.21. The summed E-state index contributed by atoms with van der Waals surface area (Å²) in [7, 11) is 0. The number of rotatable bonds is 7. The highest BCUT2D eigenvalue weighted by Gasteiger charge is 2.31. The Labute approximate surface area is 98.7 Å². The van der Waals surface area contributed by atoms with Gasteiger partial charge in [0.05, 0.1) is 6.54 Å². The predicted molar refractivity (Wildman–Crippen MR) is 67.3 cm³/mol. The van der Waals surface area contributed by atoms with Crippen LogP contribution in [-0.4, -0.2) is 25.5 Å². The number of hydrogen-bond donors (Lipinski definition) is 2. The van der Waals surface area contributed by atoms with Gasteiger partial charge in [-0.1, -0.05) is 25.8 Å². The average Bonchev–Trinajstić information content (AvgIpc) is 2.76. The second kappa shape index (κ2) is 6.69. The van der Waals surface area contributed by atoms with Crippen molar-refractivity contribution in [1.82, 2.24) is 10.6 Å². The summed E-state index contributed by atoms with van der Waals surface area (Å²) in [6.07, 6.45) is 8.11. The van der Waals surface area contributed by atoms with Crippen molar-refractivity contribution >= 4 is 5.91 Å². The summed E-state index contributed by atoms with van der Waals surface area (Å²) < 4.78 is 0. The number of carbonyl (C=O) groups is 1. The predicted octanol–water partition coefficient (Wildman–Crippen LogP) is 1.85. The Bertz CT molecular complexity index is 232. The molecule has 2 N–H and O–H groups in total. The first-order chi connectivity index (χ1) is 7.72. The van der Waals surface area contributed by atoms with Crippen LogP contribution in [0.5, 0.6) is 0 Å². The van der Waals surface area contributed by atoms with Gasteiger partial charge in [0.15, 0.2) is 0 Å². The second-order valence-electron chi connectivity index (χ2n) is 4.76. The van der Waals surface area contributed by atoms with Crippen LogP contribution in [0, 0.1) is 5.41 Å². The molecule has 16 heavy (non-hydrogen) atoms. The molecule has 0 saturated heterocycles. The van der Waals surface area contributed by atoms with E-state index in [0.29, 0.717) is 18.5 Å². The topological polar surface area (TPSA) is 41.1 Å². The standard InChI is InChI=1S/C13H24N2O/c1-3-9-14-10-12(16)15-11-13(4-2)7-5-6-8-13/h3,14H,1,4-11H2,2H3,(H,15,16). The number of nitrogens with one attached hydrogen (secondary N) is 2. The largest absolute Gasteiger partial charge is 0.354 e. The summed E-state index contributed by atoms with van der Waals surface area (Å²) in [5.41, 5.74) is 0.383. The van der Waals surface area contributed by atoms with Gasteiger partial charge < -0.3 is 10.6 Å². The summed E-state index contributed by atoms with van der Waals surface area (Å²) in [6, 6.07) is 0. The summed E-state index contributed by atoms with van der Waals surface area (Å²) in [5, 5.41) is 6.05. The number of hydrogen-bond acceptors (Lipinski definition) is 2. The molecule has 1 saturated carbocycles. The normalized spacial score (nSPS) is 18.3. The van der Waals surface area contributed by atoms with Crippen molar-refractivity contribution in [3.05, 3.63) is 12.7 Å². The van der Waals surface area contributed by atoms with Crippen molar-refractivity contribution in [2.45, 2.75) is 39.0 Å². The van der Waals surface area contributed by atoms with E-state index in [9.17, 15) is 4.79 Å². The van der Waals surface area contributed by atoms with E-state index in [2.05, 4.69) is 24.1 Å². The summed E-state index contributed by atoms with van der Waals surface area (Å²) >= 11 is 0. The molecule has 92 valence electrons. The quantitative estimate of drug-likeness (QED) is 0.512. The van der Waals surface area contributed by atoms with Crippen molar-refractivity contribution < 1.29 is 4.79 Å². The first-order valence-electron chi connectivity index (χ1n) is 6.31. The molecule has 3 nitrogen and oxygen atoms in total. The van der Waals surface area contributed by atoms with Crippen LogP contribution in [0.4, 0.5) is 0 Å². The van der Waals surface area contributed by atoms with Crippen LogP contribution >= 0.6 is 0 Å². The van der Waals surface area contributed by atoms with Gasteiger partial charge in [0.2, 0.25) is 5.91 Å². The van der Waals surface area contributed by atoms with Gasteiger partial charge in [-0.25, -0.2) is 0 Å². The summed E-state index contributed by atoms with van der Waals surface area (Å²) in [4.78, 5) is 11.5. The minimum absolute atomic E-state index is 0.0987. The molecular weight excluding hydrogens is 200 g/mol. The van der Waals surface area contributed by atoms with Crippen molar-refractivity contribution in [3.63, 3.8) is 0 Å². The van der Waals surface area contributed by atoms with Gasteiger partial charge in [-0.3, -0.25) is 4.79 Å².